The Bertz CT molecular complexity index is 1070. The lowest BCUT2D eigenvalue weighted by Crippen LogP contribution is -2.21. The van der Waals surface area contributed by atoms with Crippen molar-refractivity contribution in [2.24, 2.45) is 0 Å². The van der Waals surface area contributed by atoms with Crippen molar-refractivity contribution < 1.29 is 14.3 Å². The second kappa shape index (κ2) is 10.0. The molecule has 0 aliphatic rings. The molecule has 30 heavy (non-hydrogen) atoms. The van der Waals surface area contributed by atoms with E-state index in [0.717, 1.165) is 0 Å². The minimum Gasteiger partial charge on any atom is -0.462 e. The van der Waals surface area contributed by atoms with Crippen molar-refractivity contribution in [1.29, 1.82) is 0 Å². The fraction of sp³-hybridized carbons (Fsp3) is 0.0870. The molecule has 0 aliphatic carbocycles. The highest BCUT2D eigenvalue weighted by Gasteiger charge is 2.15. The van der Waals surface area contributed by atoms with Gasteiger partial charge in [0.1, 0.15) is 0 Å². The number of carbonyl (C=O) groups excluding carboxylic acids is 2. The minimum atomic E-state index is -0.380. The van der Waals surface area contributed by atoms with E-state index in [9.17, 15) is 9.59 Å². The van der Waals surface area contributed by atoms with Crippen molar-refractivity contribution in [1.82, 2.24) is 0 Å². The number of ether oxygens (including phenoxy) is 1. The zero-order valence-corrected chi connectivity index (χ0v) is 17.7. The van der Waals surface area contributed by atoms with Crippen molar-refractivity contribution in [3.8, 4) is 0 Å². The second-order valence-corrected chi connectivity index (χ2v) is 7.11. The molecule has 3 aromatic carbocycles. The summed E-state index contributed by atoms with van der Waals surface area (Å²) < 4.78 is 4.97. The molecule has 0 aliphatic heterocycles. The van der Waals surface area contributed by atoms with Gasteiger partial charge in [-0.1, -0.05) is 41.9 Å². The molecule has 0 radical (unpaired) electrons. The number of anilines is 2. The molecular formula is C23H19ClN2O3S. The topological polar surface area (TPSA) is 67.4 Å². The predicted molar refractivity (Wildman–Crippen MR) is 124 cm³/mol. The van der Waals surface area contributed by atoms with Gasteiger partial charge in [0, 0.05) is 21.8 Å². The summed E-state index contributed by atoms with van der Waals surface area (Å²) in [4.78, 5) is 24.6. The molecule has 0 aromatic heterocycles. The average Bonchev–Trinajstić information content (AvgIpc) is 2.75. The predicted octanol–water partition coefficient (Wildman–Crippen LogP) is 5.56. The standard InChI is InChI=1S/C23H19ClN2O3S/c1-2-29-22(28)16-8-11-18(12-9-16)25-23(30)26-20-13-10-17(24)14-19(20)21(27)15-6-4-3-5-7-15/h3-14H,2H2,1H3,(H2,25,26,30). The summed E-state index contributed by atoms with van der Waals surface area (Å²) in [6.45, 7) is 2.07. The first kappa shape index (κ1) is 21.5. The van der Waals surface area contributed by atoms with Crippen LogP contribution in [0.4, 0.5) is 11.4 Å². The zero-order chi connectivity index (χ0) is 21.5. The molecule has 7 heteroatoms. The molecule has 2 N–H and O–H groups in total. The molecule has 3 aromatic rings. The number of nitrogens with one attached hydrogen (secondary N) is 2. The molecule has 0 fully saturated rings. The van der Waals surface area contributed by atoms with Gasteiger partial charge in [-0.2, -0.15) is 0 Å². The summed E-state index contributed by atoms with van der Waals surface area (Å²) in [5, 5.41) is 6.82. The van der Waals surface area contributed by atoms with Gasteiger partial charge in [-0.25, -0.2) is 4.79 Å². The van der Waals surface area contributed by atoms with E-state index in [2.05, 4.69) is 10.6 Å². The van der Waals surface area contributed by atoms with Gasteiger partial charge < -0.3 is 15.4 Å². The van der Waals surface area contributed by atoms with Crippen LogP contribution in [0.15, 0.2) is 72.8 Å². The highest BCUT2D eigenvalue weighted by Crippen LogP contribution is 2.24. The van der Waals surface area contributed by atoms with E-state index < -0.39 is 0 Å². The Kier molecular flexibility index (Phi) is 7.17. The van der Waals surface area contributed by atoms with E-state index in [1.54, 1.807) is 73.7 Å². The van der Waals surface area contributed by atoms with Crippen molar-refractivity contribution in [3.05, 3.63) is 94.5 Å². The Morgan fingerprint density at radius 2 is 1.63 bits per heavy atom. The molecule has 152 valence electrons. The van der Waals surface area contributed by atoms with E-state index >= 15 is 0 Å². The maximum Gasteiger partial charge on any atom is 0.338 e. The van der Waals surface area contributed by atoms with Crippen LogP contribution in [0.1, 0.15) is 33.2 Å². The second-order valence-electron chi connectivity index (χ2n) is 6.26. The molecule has 5 nitrogen and oxygen atoms in total. The SMILES string of the molecule is CCOC(=O)c1ccc(NC(=S)Nc2ccc(Cl)cc2C(=O)c2ccccc2)cc1. The fourth-order valence-electron chi connectivity index (χ4n) is 2.75. The normalized spacial score (nSPS) is 10.2. The van der Waals surface area contributed by atoms with Crippen LogP contribution in [0.3, 0.4) is 0 Å². The summed E-state index contributed by atoms with van der Waals surface area (Å²) in [6.07, 6.45) is 0. The van der Waals surface area contributed by atoms with Gasteiger partial charge in [0.15, 0.2) is 10.9 Å². The van der Waals surface area contributed by atoms with E-state index in [-0.39, 0.29) is 11.8 Å². The molecule has 0 atom stereocenters. The van der Waals surface area contributed by atoms with Crippen LogP contribution in [0, 0.1) is 0 Å². The third-order valence-corrected chi connectivity index (χ3v) is 4.60. The van der Waals surface area contributed by atoms with Crippen LogP contribution >= 0.6 is 23.8 Å². The van der Waals surface area contributed by atoms with E-state index in [4.69, 9.17) is 28.6 Å². The van der Waals surface area contributed by atoms with E-state index in [0.29, 0.717) is 44.8 Å². The van der Waals surface area contributed by atoms with Gasteiger partial charge >= 0.3 is 5.97 Å². The molecule has 0 amide bonds. The zero-order valence-electron chi connectivity index (χ0n) is 16.1. The number of carbonyl (C=O) groups is 2. The lowest BCUT2D eigenvalue weighted by Gasteiger charge is -2.14. The summed E-state index contributed by atoms with van der Waals surface area (Å²) in [5.41, 5.74) is 2.64. The maximum atomic E-state index is 12.9. The average molecular weight is 439 g/mol. The fourth-order valence-corrected chi connectivity index (χ4v) is 3.15. The summed E-state index contributed by atoms with van der Waals surface area (Å²) in [5.74, 6) is -0.544. The Morgan fingerprint density at radius 3 is 2.30 bits per heavy atom. The Balaban J connectivity index is 1.74. The van der Waals surface area contributed by atoms with Gasteiger partial charge in [-0.05, 0) is 61.6 Å². The van der Waals surface area contributed by atoms with Crippen LogP contribution in [0.25, 0.3) is 0 Å². The molecular weight excluding hydrogens is 420 g/mol. The third kappa shape index (κ3) is 5.43. The van der Waals surface area contributed by atoms with Crippen molar-refractivity contribution in [3.63, 3.8) is 0 Å². The quantitative estimate of drug-likeness (QED) is 0.298. The van der Waals surface area contributed by atoms with Crippen LogP contribution in [0.2, 0.25) is 5.02 Å². The number of ketones is 1. The molecule has 0 heterocycles. The van der Waals surface area contributed by atoms with Crippen molar-refractivity contribution in [2.45, 2.75) is 6.92 Å². The Hall–Kier alpha value is -3.22. The largest absolute Gasteiger partial charge is 0.462 e. The minimum absolute atomic E-state index is 0.165. The van der Waals surface area contributed by atoms with Crippen molar-refractivity contribution >= 4 is 52.1 Å². The van der Waals surface area contributed by atoms with Gasteiger partial charge in [0.05, 0.1) is 17.9 Å². The van der Waals surface area contributed by atoms with Gasteiger partial charge in [0.2, 0.25) is 0 Å². The smallest absolute Gasteiger partial charge is 0.338 e. The summed E-state index contributed by atoms with van der Waals surface area (Å²) in [6, 6.07) is 20.7. The van der Waals surface area contributed by atoms with Crippen LogP contribution < -0.4 is 10.6 Å². The molecule has 0 bridgehead atoms. The number of rotatable bonds is 6. The Morgan fingerprint density at radius 1 is 0.933 bits per heavy atom. The number of hydrogen-bond donors (Lipinski definition) is 2. The number of thiocarbonyl (C=S) groups is 1. The van der Waals surface area contributed by atoms with Gasteiger partial charge in [-0.3, -0.25) is 4.79 Å². The lowest BCUT2D eigenvalue weighted by molar-refractivity contribution is 0.0526. The van der Waals surface area contributed by atoms with Crippen molar-refractivity contribution in [2.75, 3.05) is 17.2 Å². The molecule has 0 spiro atoms. The van der Waals surface area contributed by atoms with Crippen LogP contribution in [-0.4, -0.2) is 23.5 Å². The number of benzene rings is 3. The van der Waals surface area contributed by atoms with Gasteiger partial charge in [0.25, 0.3) is 0 Å². The first-order valence-electron chi connectivity index (χ1n) is 9.22. The molecule has 0 saturated heterocycles. The first-order valence-corrected chi connectivity index (χ1v) is 10.0. The monoisotopic (exact) mass is 438 g/mol. The van der Waals surface area contributed by atoms with Gasteiger partial charge in [-0.15, -0.1) is 0 Å². The number of hydrogen-bond acceptors (Lipinski definition) is 4. The highest BCUT2D eigenvalue weighted by atomic mass is 35.5. The first-order chi connectivity index (χ1) is 14.5. The molecule has 0 unspecified atom stereocenters. The molecule has 3 rings (SSSR count). The summed E-state index contributed by atoms with van der Waals surface area (Å²) >= 11 is 11.5. The maximum absolute atomic E-state index is 12.9. The number of halogens is 1. The lowest BCUT2D eigenvalue weighted by atomic mass is 10.0. The van der Waals surface area contributed by atoms with Crippen LogP contribution in [-0.2, 0) is 4.74 Å². The van der Waals surface area contributed by atoms with E-state index in [1.165, 1.54) is 0 Å². The summed E-state index contributed by atoms with van der Waals surface area (Å²) in [7, 11) is 0. The highest BCUT2D eigenvalue weighted by molar-refractivity contribution is 7.80. The van der Waals surface area contributed by atoms with E-state index in [1.807, 2.05) is 6.07 Å². The molecule has 0 saturated carbocycles. The van der Waals surface area contributed by atoms with Crippen LogP contribution in [0.5, 0.6) is 0 Å². The number of esters is 1. The Labute approximate surface area is 185 Å². The third-order valence-electron chi connectivity index (χ3n) is 4.16.